The molecule has 1 heterocycles. The zero-order valence-electron chi connectivity index (χ0n) is 10.5. The number of anilines is 1. The molecule has 0 spiro atoms. The van der Waals surface area contributed by atoms with Gasteiger partial charge in [0.25, 0.3) is 5.91 Å². The molecule has 4 nitrogen and oxygen atoms in total. The molecule has 0 radical (unpaired) electrons. The summed E-state index contributed by atoms with van der Waals surface area (Å²) in [5, 5.41) is 0. The number of carbonyl (C=O) groups is 1. The molecule has 2 N–H and O–H groups in total. The van der Waals surface area contributed by atoms with Crippen LogP contribution in [-0.4, -0.2) is 42.0 Å². The number of amides is 1. The van der Waals surface area contributed by atoms with Crippen molar-refractivity contribution in [1.29, 1.82) is 0 Å². The van der Waals surface area contributed by atoms with Crippen molar-refractivity contribution in [3.05, 3.63) is 23.8 Å². The number of hydrogen-bond acceptors (Lipinski definition) is 4. The fraction of sp³-hybridized carbons (Fsp3) is 0.462. The van der Waals surface area contributed by atoms with Crippen LogP contribution in [-0.2, 0) is 0 Å². The minimum atomic E-state index is 0.0602. The third-order valence-corrected chi connectivity index (χ3v) is 3.80. The number of ether oxygens (including phenoxy) is 1. The Kier molecular flexibility index (Phi) is 4.36. The second kappa shape index (κ2) is 6.00. The van der Waals surface area contributed by atoms with Gasteiger partial charge in [0.1, 0.15) is 5.75 Å². The predicted molar refractivity (Wildman–Crippen MR) is 75.3 cm³/mol. The lowest BCUT2D eigenvalue weighted by Gasteiger charge is -2.26. The highest BCUT2D eigenvalue weighted by Crippen LogP contribution is 2.23. The lowest BCUT2D eigenvalue weighted by Crippen LogP contribution is -2.37. The standard InChI is InChI=1S/C13H18N2O2S/c1-2-17-12-4-3-10(9-11(12)14)13(16)15-5-7-18-8-6-15/h3-4,9H,2,5-8,14H2,1H3. The van der Waals surface area contributed by atoms with Gasteiger partial charge >= 0.3 is 0 Å². The van der Waals surface area contributed by atoms with Crippen molar-refractivity contribution in [2.24, 2.45) is 0 Å². The molecule has 98 valence electrons. The molecule has 5 heteroatoms. The summed E-state index contributed by atoms with van der Waals surface area (Å²) in [6.45, 7) is 4.11. The molecule has 0 bridgehead atoms. The van der Waals surface area contributed by atoms with Gasteiger partial charge in [-0.25, -0.2) is 0 Å². The van der Waals surface area contributed by atoms with Gasteiger partial charge in [-0.2, -0.15) is 11.8 Å². The summed E-state index contributed by atoms with van der Waals surface area (Å²) in [4.78, 5) is 14.1. The molecule has 1 aromatic rings. The average molecular weight is 266 g/mol. The lowest BCUT2D eigenvalue weighted by atomic mass is 10.1. The van der Waals surface area contributed by atoms with Crippen LogP contribution in [0.1, 0.15) is 17.3 Å². The Morgan fingerprint density at radius 2 is 2.17 bits per heavy atom. The SMILES string of the molecule is CCOc1ccc(C(=O)N2CCSCC2)cc1N. The van der Waals surface area contributed by atoms with Gasteiger partial charge in [0.05, 0.1) is 12.3 Å². The Bertz CT molecular complexity index is 431. The second-order valence-corrected chi connectivity index (χ2v) is 5.31. The van der Waals surface area contributed by atoms with Gasteiger partial charge in [0.2, 0.25) is 0 Å². The molecular formula is C13H18N2O2S. The molecular weight excluding hydrogens is 248 g/mol. The van der Waals surface area contributed by atoms with Crippen LogP contribution in [0.4, 0.5) is 5.69 Å². The number of nitrogens with two attached hydrogens (primary N) is 1. The molecule has 1 aromatic carbocycles. The minimum absolute atomic E-state index is 0.0602. The van der Waals surface area contributed by atoms with E-state index in [2.05, 4.69) is 0 Å². The van der Waals surface area contributed by atoms with Crippen molar-refractivity contribution in [3.63, 3.8) is 0 Å². The summed E-state index contributed by atoms with van der Waals surface area (Å²) in [5.41, 5.74) is 7.04. The van der Waals surface area contributed by atoms with Gasteiger partial charge in [0, 0.05) is 30.2 Å². The number of hydrogen-bond donors (Lipinski definition) is 1. The molecule has 0 aromatic heterocycles. The lowest BCUT2D eigenvalue weighted by molar-refractivity contribution is 0.0772. The largest absolute Gasteiger partial charge is 0.492 e. The molecule has 1 aliphatic heterocycles. The Morgan fingerprint density at radius 1 is 1.44 bits per heavy atom. The van der Waals surface area contributed by atoms with Crippen LogP contribution in [0.2, 0.25) is 0 Å². The highest BCUT2D eigenvalue weighted by Gasteiger charge is 2.19. The monoisotopic (exact) mass is 266 g/mol. The summed E-state index contributed by atoms with van der Waals surface area (Å²) in [6, 6.07) is 5.26. The van der Waals surface area contributed by atoms with Crippen LogP contribution in [0.25, 0.3) is 0 Å². The van der Waals surface area contributed by atoms with Crippen molar-refractivity contribution in [2.75, 3.05) is 36.9 Å². The minimum Gasteiger partial charge on any atom is -0.492 e. The zero-order valence-corrected chi connectivity index (χ0v) is 11.3. The summed E-state index contributed by atoms with van der Waals surface area (Å²) in [7, 11) is 0. The highest BCUT2D eigenvalue weighted by atomic mass is 32.2. The molecule has 0 unspecified atom stereocenters. The quantitative estimate of drug-likeness (QED) is 0.848. The fourth-order valence-corrected chi connectivity index (χ4v) is 2.82. The summed E-state index contributed by atoms with van der Waals surface area (Å²) in [5.74, 6) is 2.73. The van der Waals surface area contributed by atoms with E-state index >= 15 is 0 Å². The molecule has 0 atom stereocenters. The van der Waals surface area contributed by atoms with Crippen LogP contribution in [0, 0.1) is 0 Å². The first kappa shape index (κ1) is 13.1. The van der Waals surface area contributed by atoms with Crippen molar-refractivity contribution >= 4 is 23.4 Å². The average Bonchev–Trinajstić information content (AvgIpc) is 2.41. The van der Waals surface area contributed by atoms with Gasteiger partial charge in [0.15, 0.2) is 0 Å². The first-order chi connectivity index (χ1) is 8.72. The maximum absolute atomic E-state index is 12.2. The molecule has 2 rings (SSSR count). The molecule has 1 fully saturated rings. The molecule has 1 amide bonds. The van der Waals surface area contributed by atoms with E-state index in [4.69, 9.17) is 10.5 Å². The van der Waals surface area contributed by atoms with Crippen molar-refractivity contribution in [1.82, 2.24) is 4.90 Å². The smallest absolute Gasteiger partial charge is 0.253 e. The van der Waals surface area contributed by atoms with Crippen LogP contribution in [0.5, 0.6) is 5.75 Å². The fourth-order valence-electron chi connectivity index (χ4n) is 1.92. The first-order valence-corrected chi connectivity index (χ1v) is 7.27. The maximum Gasteiger partial charge on any atom is 0.253 e. The summed E-state index contributed by atoms with van der Waals surface area (Å²) >= 11 is 1.88. The Balaban J connectivity index is 2.12. The van der Waals surface area contributed by atoms with Gasteiger partial charge in [-0.1, -0.05) is 0 Å². The van der Waals surface area contributed by atoms with E-state index in [1.165, 1.54) is 0 Å². The molecule has 0 aliphatic carbocycles. The van der Waals surface area contributed by atoms with Crippen molar-refractivity contribution in [3.8, 4) is 5.75 Å². The third kappa shape index (κ3) is 2.90. The number of rotatable bonds is 3. The van der Waals surface area contributed by atoms with Crippen LogP contribution < -0.4 is 10.5 Å². The number of thioether (sulfide) groups is 1. The first-order valence-electron chi connectivity index (χ1n) is 6.11. The van der Waals surface area contributed by atoms with Crippen LogP contribution in [0.15, 0.2) is 18.2 Å². The van der Waals surface area contributed by atoms with Gasteiger partial charge in [-0.15, -0.1) is 0 Å². The van der Waals surface area contributed by atoms with E-state index in [-0.39, 0.29) is 5.91 Å². The van der Waals surface area contributed by atoms with Crippen molar-refractivity contribution in [2.45, 2.75) is 6.92 Å². The number of carbonyl (C=O) groups excluding carboxylic acids is 1. The van der Waals surface area contributed by atoms with E-state index in [0.29, 0.717) is 23.6 Å². The van der Waals surface area contributed by atoms with E-state index in [1.54, 1.807) is 18.2 Å². The number of nitrogens with zero attached hydrogens (tertiary/aromatic N) is 1. The molecule has 1 aliphatic rings. The Labute approximate surface area is 111 Å². The number of benzene rings is 1. The zero-order chi connectivity index (χ0) is 13.0. The van der Waals surface area contributed by atoms with Gasteiger partial charge in [-0.05, 0) is 25.1 Å². The molecule has 0 saturated carbocycles. The second-order valence-electron chi connectivity index (χ2n) is 4.09. The van der Waals surface area contributed by atoms with Gasteiger partial charge in [-0.3, -0.25) is 4.79 Å². The van der Waals surface area contributed by atoms with E-state index < -0.39 is 0 Å². The Morgan fingerprint density at radius 3 is 2.78 bits per heavy atom. The summed E-state index contributed by atoms with van der Waals surface area (Å²) in [6.07, 6.45) is 0. The van der Waals surface area contributed by atoms with Crippen LogP contribution in [0.3, 0.4) is 0 Å². The Hall–Kier alpha value is -1.36. The normalized spacial score (nSPS) is 15.5. The van der Waals surface area contributed by atoms with E-state index in [9.17, 15) is 4.79 Å². The predicted octanol–water partition coefficient (Wildman–Crippen LogP) is 1.86. The summed E-state index contributed by atoms with van der Waals surface area (Å²) < 4.78 is 5.36. The highest BCUT2D eigenvalue weighted by molar-refractivity contribution is 7.99. The van der Waals surface area contributed by atoms with E-state index in [0.717, 1.165) is 24.6 Å². The third-order valence-electron chi connectivity index (χ3n) is 2.85. The molecule has 1 saturated heterocycles. The maximum atomic E-state index is 12.2. The molecule has 18 heavy (non-hydrogen) atoms. The van der Waals surface area contributed by atoms with E-state index in [1.807, 2.05) is 23.6 Å². The van der Waals surface area contributed by atoms with Gasteiger partial charge < -0.3 is 15.4 Å². The van der Waals surface area contributed by atoms with Crippen LogP contribution >= 0.6 is 11.8 Å². The topological polar surface area (TPSA) is 55.6 Å². The van der Waals surface area contributed by atoms with Crippen molar-refractivity contribution < 1.29 is 9.53 Å². The number of nitrogen functional groups attached to an aromatic ring is 1.